The van der Waals surface area contributed by atoms with E-state index in [2.05, 4.69) is 37.7 Å². The molecule has 2 fully saturated rings. The van der Waals surface area contributed by atoms with Gasteiger partial charge in [0.2, 0.25) is 15.9 Å². The van der Waals surface area contributed by atoms with Gasteiger partial charge in [-0.3, -0.25) is 4.79 Å². The number of hydrogen-bond donors (Lipinski definition) is 2. The summed E-state index contributed by atoms with van der Waals surface area (Å²) in [4.78, 5) is 12.5. The van der Waals surface area contributed by atoms with Gasteiger partial charge in [0.1, 0.15) is 0 Å². The van der Waals surface area contributed by atoms with Gasteiger partial charge in [0, 0.05) is 19.0 Å². The highest BCUT2D eigenvalue weighted by Crippen LogP contribution is 2.49. The molecule has 156 valence electrons. The van der Waals surface area contributed by atoms with Crippen LogP contribution >= 0.6 is 0 Å². The molecule has 0 radical (unpaired) electrons. The molecule has 0 aromatic heterocycles. The predicted molar refractivity (Wildman–Crippen MR) is 111 cm³/mol. The summed E-state index contributed by atoms with van der Waals surface area (Å²) in [5, 5.41) is 3.08. The molecule has 28 heavy (non-hydrogen) atoms. The van der Waals surface area contributed by atoms with Gasteiger partial charge in [0.05, 0.1) is 4.90 Å². The summed E-state index contributed by atoms with van der Waals surface area (Å²) in [6.07, 6.45) is 5.34. The third-order valence-corrected chi connectivity index (χ3v) is 7.98. The van der Waals surface area contributed by atoms with Gasteiger partial charge in [-0.15, -0.1) is 0 Å². The Morgan fingerprint density at radius 1 is 1.14 bits per heavy atom. The van der Waals surface area contributed by atoms with E-state index in [1.807, 2.05) is 12.1 Å². The van der Waals surface area contributed by atoms with Crippen LogP contribution in [0.3, 0.4) is 0 Å². The first kappa shape index (κ1) is 21.3. The lowest BCUT2D eigenvalue weighted by atomic mass is 9.84. The summed E-state index contributed by atoms with van der Waals surface area (Å²) in [5.41, 5.74) is 1.06. The molecule has 5 nitrogen and oxygen atoms in total. The van der Waals surface area contributed by atoms with Crippen LogP contribution in [0.15, 0.2) is 29.2 Å². The van der Waals surface area contributed by atoms with Gasteiger partial charge in [-0.2, -0.15) is 0 Å². The van der Waals surface area contributed by atoms with E-state index in [9.17, 15) is 13.2 Å². The molecule has 1 aromatic rings. The molecule has 0 aliphatic heterocycles. The summed E-state index contributed by atoms with van der Waals surface area (Å²) in [6.45, 7) is 8.46. The minimum absolute atomic E-state index is 0.0245. The SMILES string of the molecule is CC(NC(=O)CCNS(=O)(=O)c1ccc(C(C)(C)C)cc1)C1CC2CCC1C2. The van der Waals surface area contributed by atoms with Crippen molar-refractivity contribution in [3.8, 4) is 0 Å². The minimum Gasteiger partial charge on any atom is -0.353 e. The lowest BCUT2D eigenvalue weighted by molar-refractivity contribution is -0.122. The molecule has 0 spiro atoms. The Labute approximate surface area is 169 Å². The van der Waals surface area contributed by atoms with E-state index in [1.165, 1.54) is 25.7 Å². The molecule has 0 saturated heterocycles. The smallest absolute Gasteiger partial charge is 0.240 e. The Kier molecular flexibility index (Phi) is 6.20. The monoisotopic (exact) mass is 406 g/mol. The highest BCUT2D eigenvalue weighted by molar-refractivity contribution is 7.89. The molecule has 4 unspecified atom stereocenters. The summed E-state index contributed by atoms with van der Waals surface area (Å²) >= 11 is 0. The van der Waals surface area contributed by atoms with Gasteiger partial charge in [-0.1, -0.05) is 39.3 Å². The van der Waals surface area contributed by atoms with E-state index in [0.29, 0.717) is 5.92 Å². The van der Waals surface area contributed by atoms with Crippen molar-refractivity contribution in [1.29, 1.82) is 0 Å². The molecule has 2 aliphatic carbocycles. The average Bonchev–Trinajstić information content (AvgIpc) is 3.24. The Morgan fingerprint density at radius 2 is 1.82 bits per heavy atom. The lowest BCUT2D eigenvalue weighted by Gasteiger charge is -2.28. The first-order valence-corrected chi connectivity index (χ1v) is 11.9. The second-order valence-electron chi connectivity index (χ2n) is 9.62. The van der Waals surface area contributed by atoms with Gasteiger partial charge in [0.25, 0.3) is 0 Å². The first-order chi connectivity index (χ1) is 13.1. The van der Waals surface area contributed by atoms with Crippen LogP contribution in [0.2, 0.25) is 0 Å². The second-order valence-corrected chi connectivity index (χ2v) is 11.4. The topological polar surface area (TPSA) is 75.3 Å². The van der Waals surface area contributed by atoms with Crippen molar-refractivity contribution in [2.75, 3.05) is 6.54 Å². The van der Waals surface area contributed by atoms with Crippen LogP contribution < -0.4 is 10.0 Å². The number of carbonyl (C=O) groups excluding carboxylic acids is 1. The average molecular weight is 407 g/mol. The van der Waals surface area contributed by atoms with E-state index < -0.39 is 10.0 Å². The summed E-state index contributed by atoms with van der Waals surface area (Å²) in [5.74, 6) is 2.11. The van der Waals surface area contributed by atoms with Crippen molar-refractivity contribution in [2.45, 2.75) is 76.2 Å². The van der Waals surface area contributed by atoms with E-state index in [4.69, 9.17) is 0 Å². The molecule has 0 heterocycles. The zero-order valence-electron chi connectivity index (χ0n) is 17.5. The predicted octanol–water partition coefficient (Wildman–Crippen LogP) is 3.59. The maximum atomic E-state index is 12.4. The first-order valence-electron chi connectivity index (χ1n) is 10.5. The minimum atomic E-state index is -3.60. The third-order valence-electron chi connectivity index (χ3n) is 6.50. The van der Waals surface area contributed by atoms with E-state index in [1.54, 1.807) is 12.1 Å². The van der Waals surface area contributed by atoms with Crippen molar-refractivity contribution >= 4 is 15.9 Å². The van der Waals surface area contributed by atoms with Crippen LogP contribution in [-0.2, 0) is 20.2 Å². The molecule has 2 aliphatic rings. The highest BCUT2D eigenvalue weighted by atomic mass is 32.2. The maximum absolute atomic E-state index is 12.4. The van der Waals surface area contributed by atoms with Gasteiger partial charge in [-0.25, -0.2) is 13.1 Å². The molecule has 2 N–H and O–H groups in total. The summed E-state index contributed by atoms with van der Waals surface area (Å²) < 4.78 is 27.4. The Bertz CT molecular complexity index is 796. The van der Waals surface area contributed by atoms with Crippen LogP contribution in [0.4, 0.5) is 0 Å². The highest BCUT2D eigenvalue weighted by Gasteiger charge is 2.42. The van der Waals surface area contributed by atoms with E-state index in [0.717, 1.165) is 17.4 Å². The van der Waals surface area contributed by atoms with Crippen molar-refractivity contribution < 1.29 is 13.2 Å². The molecular weight excluding hydrogens is 372 g/mol. The fraction of sp³-hybridized carbons (Fsp3) is 0.682. The number of rotatable bonds is 7. The van der Waals surface area contributed by atoms with E-state index >= 15 is 0 Å². The van der Waals surface area contributed by atoms with Crippen molar-refractivity contribution in [3.05, 3.63) is 29.8 Å². The van der Waals surface area contributed by atoms with Crippen molar-refractivity contribution in [1.82, 2.24) is 10.0 Å². The number of nitrogens with one attached hydrogen (secondary N) is 2. The van der Waals surface area contributed by atoms with Gasteiger partial charge < -0.3 is 5.32 Å². The summed E-state index contributed by atoms with van der Waals surface area (Å²) in [7, 11) is -3.60. The lowest BCUT2D eigenvalue weighted by Crippen LogP contribution is -2.41. The Morgan fingerprint density at radius 3 is 2.36 bits per heavy atom. The largest absolute Gasteiger partial charge is 0.353 e. The standard InChI is InChI=1S/C22H34N2O3S/c1-15(20-14-16-5-6-17(20)13-16)24-21(25)11-12-23-28(26,27)19-9-7-18(8-10-19)22(2,3)4/h7-10,15-17,20,23H,5-6,11-14H2,1-4H3,(H,24,25). The fourth-order valence-corrected chi connectivity index (χ4v) is 5.89. The molecular formula is C22H34N2O3S. The number of benzene rings is 1. The maximum Gasteiger partial charge on any atom is 0.240 e. The molecule has 2 bridgehead atoms. The normalized spacial score (nSPS) is 25.6. The Balaban J connectivity index is 1.46. The quantitative estimate of drug-likeness (QED) is 0.726. The van der Waals surface area contributed by atoms with Crippen LogP contribution in [0.5, 0.6) is 0 Å². The Hall–Kier alpha value is -1.40. The summed E-state index contributed by atoms with van der Waals surface area (Å²) in [6, 6.07) is 7.11. The zero-order valence-corrected chi connectivity index (χ0v) is 18.3. The van der Waals surface area contributed by atoms with Gasteiger partial charge >= 0.3 is 0 Å². The number of amides is 1. The number of sulfonamides is 1. The number of hydrogen-bond acceptors (Lipinski definition) is 3. The zero-order chi connectivity index (χ0) is 20.5. The van der Waals surface area contributed by atoms with Crippen LogP contribution in [-0.4, -0.2) is 26.9 Å². The molecule has 6 heteroatoms. The third kappa shape index (κ3) is 4.95. The van der Waals surface area contributed by atoms with E-state index in [-0.39, 0.29) is 35.2 Å². The second kappa shape index (κ2) is 8.15. The molecule has 1 aromatic carbocycles. The van der Waals surface area contributed by atoms with Crippen LogP contribution in [0, 0.1) is 17.8 Å². The fourth-order valence-electron chi connectivity index (χ4n) is 4.86. The number of fused-ring (bicyclic) bond motifs is 2. The molecule has 4 atom stereocenters. The molecule has 1 amide bonds. The molecule has 2 saturated carbocycles. The number of carbonyl (C=O) groups is 1. The van der Waals surface area contributed by atoms with Crippen LogP contribution in [0.25, 0.3) is 0 Å². The van der Waals surface area contributed by atoms with Crippen molar-refractivity contribution in [2.24, 2.45) is 17.8 Å². The van der Waals surface area contributed by atoms with Crippen molar-refractivity contribution in [3.63, 3.8) is 0 Å². The van der Waals surface area contributed by atoms with Crippen LogP contribution in [0.1, 0.15) is 65.4 Å². The van der Waals surface area contributed by atoms with Gasteiger partial charge in [0.15, 0.2) is 0 Å². The molecule has 3 rings (SSSR count). The van der Waals surface area contributed by atoms with Gasteiger partial charge in [-0.05, 0) is 67.1 Å².